The molecule has 0 aliphatic carbocycles. The van der Waals surface area contributed by atoms with Crippen molar-refractivity contribution in [1.29, 1.82) is 0 Å². The zero-order valence-corrected chi connectivity index (χ0v) is 11.1. The van der Waals surface area contributed by atoms with Crippen LogP contribution >= 0.6 is 0 Å². The van der Waals surface area contributed by atoms with E-state index in [-0.39, 0.29) is 12.3 Å². The second-order valence-corrected chi connectivity index (χ2v) is 4.45. The molecular weight excluding hydrogens is 274 g/mol. The lowest BCUT2D eigenvalue weighted by Crippen LogP contribution is -2.04. The summed E-state index contributed by atoms with van der Waals surface area (Å²) in [5, 5.41) is 12.2. The third-order valence-corrected chi connectivity index (χ3v) is 3.16. The molecule has 0 radical (unpaired) electrons. The molecule has 3 aromatic rings. The lowest BCUT2D eigenvalue weighted by molar-refractivity contribution is -0.384. The predicted octanol–water partition coefficient (Wildman–Crippen LogP) is 2.80. The van der Waals surface area contributed by atoms with Gasteiger partial charge in [0, 0.05) is 34.6 Å². The molecule has 0 fully saturated rings. The molecule has 0 spiro atoms. The number of benzene rings is 1. The van der Waals surface area contributed by atoms with Crippen LogP contribution in [0.4, 0.5) is 5.69 Å². The van der Waals surface area contributed by atoms with Gasteiger partial charge in [-0.05, 0) is 19.1 Å². The normalized spacial score (nSPS) is 10.9. The Kier molecular flexibility index (Phi) is 3.02. The molecule has 7 heteroatoms. The summed E-state index contributed by atoms with van der Waals surface area (Å²) in [5.41, 5.74) is 1.60. The molecule has 1 N–H and O–H groups in total. The van der Waals surface area contributed by atoms with E-state index in [1.165, 1.54) is 18.3 Å². The van der Waals surface area contributed by atoms with Crippen LogP contribution < -0.4 is 0 Å². The number of carbonyl (C=O) groups excluding carboxylic acids is 1. The van der Waals surface area contributed by atoms with E-state index in [0.29, 0.717) is 22.0 Å². The number of nitro groups is 1. The molecule has 21 heavy (non-hydrogen) atoms. The Hall–Kier alpha value is -2.96. The molecule has 106 valence electrons. The summed E-state index contributed by atoms with van der Waals surface area (Å²) >= 11 is 0. The SMILES string of the molecule is CCOC(=O)c1cnc2[nH]c3ccc([N+](=O)[O-])cc3c2c1. The lowest BCUT2D eigenvalue weighted by atomic mass is 10.1. The van der Waals surface area contributed by atoms with Gasteiger partial charge in [-0.25, -0.2) is 9.78 Å². The molecule has 0 saturated carbocycles. The Morgan fingerprint density at radius 2 is 2.19 bits per heavy atom. The fourth-order valence-corrected chi connectivity index (χ4v) is 2.20. The first-order chi connectivity index (χ1) is 10.1. The van der Waals surface area contributed by atoms with E-state index < -0.39 is 10.9 Å². The monoisotopic (exact) mass is 285 g/mol. The number of rotatable bonds is 3. The van der Waals surface area contributed by atoms with Gasteiger partial charge < -0.3 is 9.72 Å². The summed E-state index contributed by atoms with van der Waals surface area (Å²) in [7, 11) is 0. The summed E-state index contributed by atoms with van der Waals surface area (Å²) in [5.74, 6) is -0.466. The molecule has 2 aromatic heterocycles. The van der Waals surface area contributed by atoms with Crippen molar-refractivity contribution < 1.29 is 14.5 Å². The number of aromatic amines is 1. The van der Waals surface area contributed by atoms with E-state index in [4.69, 9.17) is 4.74 Å². The van der Waals surface area contributed by atoms with Gasteiger partial charge in [-0.15, -0.1) is 0 Å². The number of nitrogens with one attached hydrogen (secondary N) is 1. The highest BCUT2D eigenvalue weighted by atomic mass is 16.6. The number of hydrogen-bond acceptors (Lipinski definition) is 5. The van der Waals surface area contributed by atoms with Gasteiger partial charge in [0.05, 0.1) is 17.1 Å². The number of non-ortho nitro benzene ring substituents is 1. The van der Waals surface area contributed by atoms with Crippen LogP contribution in [0.1, 0.15) is 17.3 Å². The van der Waals surface area contributed by atoms with Gasteiger partial charge in [0.2, 0.25) is 0 Å². The van der Waals surface area contributed by atoms with Crippen molar-refractivity contribution in [2.24, 2.45) is 0 Å². The number of esters is 1. The van der Waals surface area contributed by atoms with Gasteiger partial charge in [0.15, 0.2) is 0 Å². The van der Waals surface area contributed by atoms with Crippen molar-refractivity contribution in [3.63, 3.8) is 0 Å². The highest BCUT2D eigenvalue weighted by Gasteiger charge is 2.14. The molecule has 0 unspecified atom stereocenters. The van der Waals surface area contributed by atoms with Crippen LogP contribution in [0.5, 0.6) is 0 Å². The van der Waals surface area contributed by atoms with Crippen LogP contribution in [0.2, 0.25) is 0 Å². The average molecular weight is 285 g/mol. The van der Waals surface area contributed by atoms with Crippen LogP contribution in [-0.2, 0) is 4.74 Å². The van der Waals surface area contributed by atoms with Crippen LogP contribution in [0, 0.1) is 10.1 Å². The number of carbonyl (C=O) groups is 1. The van der Waals surface area contributed by atoms with Crippen LogP contribution in [0.25, 0.3) is 21.9 Å². The summed E-state index contributed by atoms with van der Waals surface area (Å²) in [6.07, 6.45) is 1.42. The summed E-state index contributed by atoms with van der Waals surface area (Å²) in [4.78, 5) is 29.4. The first kappa shape index (κ1) is 13.0. The molecule has 0 aliphatic heterocycles. The Bertz CT molecular complexity index is 869. The second kappa shape index (κ2) is 4.86. The fourth-order valence-electron chi connectivity index (χ4n) is 2.20. The van der Waals surface area contributed by atoms with Crippen LogP contribution in [-0.4, -0.2) is 27.5 Å². The maximum Gasteiger partial charge on any atom is 0.339 e. The summed E-state index contributed by atoms with van der Waals surface area (Å²) in [6, 6.07) is 6.14. The van der Waals surface area contributed by atoms with E-state index >= 15 is 0 Å². The molecule has 1 aromatic carbocycles. The minimum Gasteiger partial charge on any atom is -0.462 e. The second-order valence-electron chi connectivity index (χ2n) is 4.45. The number of ether oxygens (including phenoxy) is 1. The van der Waals surface area contributed by atoms with E-state index in [0.717, 1.165) is 5.52 Å². The highest BCUT2D eigenvalue weighted by molar-refractivity contribution is 6.08. The number of fused-ring (bicyclic) bond motifs is 3. The van der Waals surface area contributed by atoms with Crippen molar-refractivity contribution in [3.05, 3.63) is 46.1 Å². The van der Waals surface area contributed by atoms with Crippen molar-refractivity contribution in [1.82, 2.24) is 9.97 Å². The van der Waals surface area contributed by atoms with Crippen molar-refractivity contribution >= 4 is 33.6 Å². The zero-order chi connectivity index (χ0) is 15.0. The van der Waals surface area contributed by atoms with Gasteiger partial charge >= 0.3 is 5.97 Å². The van der Waals surface area contributed by atoms with E-state index in [2.05, 4.69) is 9.97 Å². The molecule has 0 amide bonds. The third kappa shape index (κ3) is 2.18. The molecular formula is C14H11N3O4. The van der Waals surface area contributed by atoms with Crippen molar-refractivity contribution in [2.75, 3.05) is 6.61 Å². The average Bonchev–Trinajstić information content (AvgIpc) is 2.84. The highest BCUT2D eigenvalue weighted by Crippen LogP contribution is 2.28. The molecule has 0 atom stereocenters. The smallest absolute Gasteiger partial charge is 0.339 e. The van der Waals surface area contributed by atoms with Crippen molar-refractivity contribution in [2.45, 2.75) is 6.92 Å². The number of nitrogens with zero attached hydrogens (tertiary/aromatic N) is 2. The quantitative estimate of drug-likeness (QED) is 0.453. The molecule has 0 aliphatic rings. The largest absolute Gasteiger partial charge is 0.462 e. The number of nitro benzene ring substituents is 1. The standard InChI is InChI=1S/C14H11N3O4/c1-2-21-14(18)8-5-11-10-6-9(17(19)20)3-4-12(10)16-13(11)15-7-8/h3-7H,2H2,1H3,(H,15,16). The Labute approximate surface area is 118 Å². The van der Waals surface area contributed by atoms with E-state index in [1.807, 2.05) is 0 Å². The van der Waals surface area contributed by atoms with E-state index in [9.17, 15) is 14.9 Å². The topological polar surface area (TPSA) is 98.1 Å². The van der Waals surface area contributed by atoms with Gasteiger partial charge in [-0.3, -0.25) is 10.1 Å². The molecule has 3 rings (SSSR count). The number of hydrogen-bond donors (Lipinski definition) is 1. The molecule has 0 saturated heterocycles. The van der Waals surface area contributed by atoms with Gasteiger partial charge in [0.25, 0.3) is 5.69 Å². The van der Waals surface area contributed by atoms with Gasteiger partial charge in [0.1, 0.15) is 5.65 Å². The van der Waals surface area contributed by atoms with Gasteiger partial charge in [-0.2, -0.15) is 0 Å². The maximum atomic E-state index is 11.7. The zero-order valence-electron chi connectivity index (χ0n) is 11.1. The molecule has 7 nitrogen and oxygen atoms in total. The molecule has 2 heterocycles. The molecule has 0 bridgehead atoms. The summed E-state index contributed by atoms with van der Waals surface area (Å²) < 4.78 is 4.93. The van der Waals surface area contributed by atoms with Gasteiger partial charge in [-0.1, -0.05) is 0 Å². The minimum absolute atomic E-state index is 0.00932. The minimum atomic E-state index is -0.466. The number of pyridine rings is 1. The van der Waals surface area contributed by atoms with Crippen molar-refractivity contribution in [3.8, 4) is 0 Å². The summed E-state index contributed by atoms with van der Waals surface area (Å²) in [6.45, 7) is 2.00. The number of H-pyrrole nitrogens is 1. The Morgan fingerprint density at radius 3 is 2.90 bits per heavy atom. The number of aromatic nitrogens is 2. The Morgan fingerprint density at radius 1 is 1.38 bits per heavy atom. The fraction of sp³-hybridized carbons (Fsp3) is 0.143. The van der Waals surface area contributed by atoms with E-state index in [1.54, 1.807) is 19.1 Å². The lowest BCUT2D eigenvalue weighted by Gasteiger charge is -2.01. The van der Waals surface area contributed by atoms with Crippen LogP contribution in [0.15, 0.2) is 30.5 Å². The first-order valence-corrected chi connectivity index (χ1v) is 6.33. The Balaban J connectivity index is 2.22. The first-order valence-electron chi connectivity index (χ1n) is 6.33. The van der Waals surface area contributed by atoms with Crippen LogP contribution in [0.3, 0.4) is 0 Å². The third-order valence-electron chi connectivity index (χ3n) is 3.16. The predicted molar refractivity (Wildman–Crippen MR) is 76.2 cm³/mol. The maximum absolute atomic E-state index is 11.7.